The Labute approximate surface area is 99.8 Å². The van der Waals surface area contributed by atoms with E-state index in [0.29, 0.717) is 0 Å². The summed E-state index contributed by atoms with van der Waals surface area (Å²) < 4.78 is 2.07. The van der Waals surface area contributed by atoms with Crippen molar-refractivity contribution in [2.75, 3.05) is 7.05 Å². The zero-order chi connectivity index (χ0) is 10.4. The van der Waals surface area contributed by atoms with E-state index in [1.165, 1.54) is 29.7 Å². The maximum absolute atomic E-state index is 3.75. The van der Waals surface area contributed by atoms with Gasteiger partial charge in [0.05, 0.1) is 0 Å². The van der Waals surface area contributed by atoms with Gasteiger partial charge in [-0.05, 0) is 34.5 Å². The quantitative estimate of drug-likeness (QED) is 0.784. The first-order chi connectivity index (χ1) is 6.83. The van der Waals surface area contributed by atoms with Gasteiger partial charge in [-0.2, -0.15) is 0 Å². The van der Waals surface area contributed by atoms with E-state index in [1.807, 2.05) is 13.1 Å². The second kappa shape index (κ2) is 6.06. The highest BCUT2D eigenvalue weighted by Crippen LogP contribution is 2.28. The normalized spacial score (nSPS) is 20.6. The lowest BCUT2D eigenvalue weighted by atomic mass is 9.91. The van der Waals surface area contributed by atoms with Crippen LogP contribution in [0.15, 0.2) is 45.7 Å². The Morgan fingerprint density at radius 2 is 2.21 bits per heavy atom. The molecule has 1 aliphatic carbocycles. The summed E-state index contributed by atoms with van der Waals surface area (Å²) in [6.45, 7) is 3.75. The first kappa shape index (κ1) is 11.6. The van der Waals surface area contributed by atoms with Gasteiger partial charge in [0.15, 0.2) is 0 Å². The molecule has 0 unspecified atom stereocenters. The van der Waals surface area contributed by atoms with E-state index in [9.17, 15) is 0 Å². The van der Waals surface area contributed by atoms with Crippen LogP contribution in [-0.2, 0) is 0 Å². The lowest BCUT2D eigenvalue weighted by Gasteiger charge is -2.21. The minimum atomic E-state index is 1.15. The van der Waals surface area contributed by atoms with Crippen molar-refractivity contribution < 1.29 is 0 Å². The van der Waals surface area contributed by atoms with Crippen molar-refractivity contribution >= 4 is 22.6 Å². The minimum absolute atomic E-state index is 1.15. The minimum Gasteiger partial charge on any atom is -0.388 e. The molecule has 0 bridgehead atoms. The van der Waals surface area contributed by atoms with Crippen LogP contribution in [0, 0.1) is 0 Å². The molecule has 0 fully saturated rings. The Bertz CT molecular complexity index is 297. The van der Waals surface area contributed by atoms with E-state index < -0.39 is 0 Å². The highest BCUT2D eigenvalue weighted by Gasteiger charge is 2.13. The molecule has 0 spiro atoms. The molecule has 0 aromatic carbocycles. The fourth-order valence-electron chi connectivity index (χ4n) is 1.80. The molecule has 1 nitrogen and oxygen atoms in total. The smallest absolute Gasteiger partial charge is 0.0402 e. The summed E-state index contributed by atoms with van der Waals surface area (Å²) in [4.78, 5) is 0. The molecule has 1 rings (SSSR count). The van der Waals surface area contributed by atoms with Gasteiger partial charge in [-0.3, -0.25) is 0 Å². The SMILES string of the molecule is C=CC=C1CCCC(/C=C/I)=C1NC. The summed E-state index contributed by atoms with van der Waals surface area (Å²) in [5.41, 5.74) is 4.06. The number of likely N-dealkylation sites (N-methyl/N-ethyl adjacent to an activating group) is 1. The summed E-state index contributed by atoms with van der Waals surface area (Å²) in [7, 11) is 1.98. The summed E-state index contributed by atoms with van der Waals surface area (Å²) in [5, 5.41) is 3.28. The van der Waals surface area contributed by atoms with Gasteiger partial charge in [-0.15, -0.1) is 0 Å². The molecule has 0 saturated heterocycles. The van der Waals surface area contributed by atoms with Gasteiger partial charge in [0, 0.05) is 12.7 Å². The van der Waals surface area contributed by atoms with Crippen LogP contribution in [0.3, 0.4) is 0 Å². The molecule has 0 saturated carbocycles. The van der Waals surface area contributed by atoms with Crippen LogP contribution in [0.25, 0.3) is 0 Å². The van der Waals surface area contributed by atoms with E-state index in [-0.39, 0.29) is 0 Å². The van der Waals surface area contributed by atoms with E-state index in [1.54, 1.807) is 0 Å². The molecule has 0 aliphatic heterocycles. The number of nitrogens with one attached hydrogen (secondary N) is 1. The van der Waals surface area contributed by atoms with Gasteiger partial charge in [0.25, 0.3) is 0 Å². The highest BCUT2D eigenvalue weighted by atomic mass is 127. The predicted molar refractivity (Wildman–Crippen MR) is 71.4 cm³/mol. The Hall–Kier alpha value is -0.510. The van der Waals surface area contributed by atoms with E-state index >= 15 is 0 Å². The number of halogens is 1. The third-order valence-corrected chi connectivity index (χ3v) is 2.73. The maximum atomic E-state index is 3.75. The van der Waals surface area contributed by atoms with Crippen molar-refractivity contribution in [2.24, 2.45) is 0 Å². The largest absolute Gasteiger partial charge is 0.388 e. The molecule has 1 N–H and O–H groups in total. The number of hydrogen-bond acceptors (Lipinski definition) is 1. The van der Waals surface area contributed by atoms with Crippen LogP contribution >= 0.6 is 22.6 Å². The molecule has 1 aliphatic rings. The second-order valence-corrected chi connectivity index (χ2v) is 3.94. The van der Waals surface area contributed by atoms with E-state index in [2.05, 4.69) is 50.7 Å². The molecule has 0 aromatic heterocycles. The average molecular weight is 301 g/mol. The van der Waals surface area contributed by atoms with Crippen molar-refractivity contribution in [1.82, 2.24) is 5.32 Å². The van der Waals surface area contributed by atoms with Crippen molar-refractivity contribution in [3.05, 3.63) is 45.7 Å². The van der Waals surface area contributed by atoms with Gasteiger partial charge < -0.3 is 5.32 Å². The zero-order valence-corrected chi connectivity index (χ0v) is 10.7. The highest BCUT2D eigenvalue weighted by molar-refractivity contribution is 14.1. The maximum Gasteiger partial charge on any atom is 0.0402 e. The van der Waals surface area contributed by atoms with Gasteiger partial charge in [0.2, 0.25) is 0 Å². The fourth-order valence-corrected chi connectivity index (χ4v) is 2.23. The first-order valence-electron chi connectivity index (χ1n) is 4.83. The molecule has 0 radical (unpaired) electrons. The lowest BCUT2D eigenvalue weighted by Crippen LogP contribution is -2.14. The third kappa shape index (κ3) is 2.74. The third-order valence-electron chi connectivity index (χ3n) is 2.37. The van der Waals surface area contributed by atoms with Crippen molar-refractivity contribution in [3.8, 4) is 0 Å². The Kier molecular flexibility index (Phi) is 5.01. The zero-order valence-electron chi connectivity index (χ0n) is 8.52. The van der Waals surface area contributed by atoms with Crippen molar-refractivity contribution in [2.45, 2.75) is 19.3 Å². The van der Waals surface area contributed by atoms with Crippen LogP contribution in [0.1, 0.15) is 19.3 Å². The van der Waals surface area contributed by atoms with Gasteiger partial charge in [0.1, 0.15) is 0 Å². The molecule has 0 aromatic rings. The van der Waals surface area contributed by atoms with Crippen LogP contribution in [0.4, 0.5) is 0 Å². The van der Waals surface area contributed by atoms with Crippen LogP contribution in [-0.4, -0.2) is 7.05 Å². The van der Waals surface area contributed by atoms with Gasteiger partial charge in [-0.1, -0.05) is 47.4 Å². The average Bonchev–Trinajstić information content (AvgIpc) is 2.19. The number of rotatable bonds is 3. The summed E-state index contributed by atoms with van der Waals surface area (Å²) in [6, 6.07) is 0. The predicted octanol–water partition coefficient (Wildman–Crippen LogP) is 3.70. The Balaban J connectivity index is 3.06. The van der Waals surface area contributed by atoms with Crippen molar-refractivity contribution in [3.63, 3.8) is 0 Å². The topological polar surface area (TPSA) is 12.0 Å². The second-order valence-electron chi connectivity index (χ2n) is 3.22. The van der Waals surface area contributed by atoms with Crippen molar-refractivity contribution in [1.29, 1.82) is 0 Å². The Morgan fingerprint density at radius 1 is 1.43 bits per heavy atom. The van der Waals surface area contributed by atoms with Crippen LogP contribution < -0.4 is 5.32 Å². The molecule has 14 heavy (non-hydrogen) atoms. The molecular weight excluding hydrogens is 285 g/mol. The van der Waals surface area contributed by atoms with E-state index in [4.69, 9.17) is 0 Å². The molecule has 0 heterocycles. The van der Waals surface area contributed by atoms with Gasteiger partial charge >= 0.3 is 0 Å². The lowest BCUT2D eigenvalue weighted by molar-refractivity contribution is 0.745. The monoisotopic (exact) mass is 301 g/mol. The first-order valence-corrected chi connectivity index (χ1v) is 6.07. The van der Waals surface area contributed by atoms with Gasteiger partial charge in [-0.25, -0.2) is 0 Å². The van der Waals surface area contributed by atoms with Crippen LogP contribution in [0.2, 0.25) is 0 Å². The fraction of sp³-hybridized carbons (Fsp3) is 0.333. The van der Waals surface area contributed by atoms with E-state index in [0.717, 1.165) is 6.42 Å². The molecule has 2 heteroatoms. The molecule has 0 atom stereocenters. The summed E-state index contributed by atoms with van der Waals surface area (Å²) >= 11 is 2.26. The summed E-state index contributed by atoms with van der Waals surface area (Å²) in [6.07, 6.45) is 9.71. The molecule has 0 amide bonds. The standard InChI is InChI=1S/C12H16IN/c1-3-5-10-6-4-7-11(8-9-13)12(10)14-2/h3,5,8-9,14H,1,4,6-7H2,2H3/b9-8+,10-5?. The Morgan fingerprint density at radius 3 is 2.79 bits per heavy atom. The molecular formula is C12H16IN. The summed E-state index contributed by atoms with van der Waals surface area (Å²) in [5.74, 6) is 0. The number of allylic oxidation sites excluding steroid dienone is 5. The molecule has 76 valence electrons. The number of hydrogen-bond donors (Lipinski definition) is 1. The van der Waals surface area contributed by atoms with Crippen LogP contribution in [0.5, 0.6) is 0 Å².